The van der Waals surface area contributed by atoms with E-state index in [-0.39, 0.29) is 0 Å². The van der Waals surface area contributed by atoms with Gasteiger partial charge in [0.25, 0.3) is 5.91 Å². The first-order chi connectivity index (χ1) is 24.2. The van der Waals surface area contributed by atoms with Gasteiger partial charge in [-0.2, -0.15) is 0 Å². The van der Waals surface area contributed by atoms with Crippen molar-refractivity contribution in [2.45, 2.75) is 5.54 Å². The van der Waals surface area contributed by atoms with Gasteiger partial charge in [0, 0.05) is 0 Å². The molecule has 1 N–H and O–H groups in total. The number of hydrogen-bond donors (Lipinski definition) is 1. The standard InChI is InChI=1S/C24H21P.C21H18FNO/c1-5-13-21(14-6-1)25(22-15-7-2-8-16-22,23-17-9-3-10-18-23)24-19-11-4-12-20-24;22-16-20(24)23-21(17-10-4-1-5-11-17,18-12-6-2-7-13-18)19-14-8-3-9-15-19/h1-20,25H;1-15H,16H2,(H,23,24). The third-order valence-electron chi connectivity index (χ3n) is 8.90. The zero-order valence-electron chi connectivity index (χ0n) is 27.2. The van der Waals surface area contributed by atoms with E-state index >= 15 is 0 Å². The van der Waals surface area contributed by atoms with Crippen LogP contribution in [0.4, 0.5) is 4.39 Å². The number of amides is 1. The number of alkyl halides is 1. The minimum atomic E-state index is -2.30. The Kier molecular flexibility index (Phi) is 10.9. The van der Waals surface area contributed by atoms with E-state index in [0.717, 1.165) is 16.7 Å². The summed E-state index contributed by atoms with van der Waals surface area (Å²) in [6.45, 7) is -1.06. The number of nitrogens with one attached hydrogen (secondary N) is 1. The van der Waals surface area contributed by atoms with Gasteiger partial charge < -0.3 is 5.32 Å². The van der Waals surface area contributed by atoms with E-state index in [4.69, 9.17) is 0 Å². The summed E-state index contributed by atoms with van der Waals surface area (Å²) >= 11 is 0. The Morgan fingerprint density at radius 1 is 0.408 bits per heavy atom. The van der Waals surface area contributed by atoms with E-state index in [9.17, 15) is 9.18 Å². The molecule has 49 heavy (non-hydrogen) atoms. The minimum absolute atomic E-state index is 0.647. The molecule has 0 radical (unpaired) electrons. The molecule has 0 heterocycles. The molecular formula is C45H39FNOP. The van der Waals surface area contributed by atoms with Crippen molar-refractivity contribution in [1.29, 1.82) is 0 Å². The predicted octanol–water partition coefficient (Wildman–Crippen LogP) is 8.10. The van der Waals surface area contributed by atoms with Crippen LogP contribution in [0.1, 0.15) is 16.7 Å². The van der Waals surface area contributed by atoms with Gasteiger partial charge in [-0.3, -0.25) is 4.79 Å². The van der Waals surface area contributed by atoms with Crippen LogP contribution < -0.4 is 26.5 Å². The van der Waals surface area contributed by atoms with Gasteiger partial charge in [0.15, 0.2) is 6.67 Å². The van der Waals surface area contributed by atoms with E-state index in [2.05, 4.69) is 127 Å². The number of benzene rings is 7. The number of rotatable bonds is 9. The van der Waals surface area contributed by atoms with Gasteiger partial charge in [-0.05, 0) is 16.7 Å². The molecular weight excluding hydrogens is 620 g/mol. The van der Waals surface area contributed by atoms with Crippen LogP contribution in [0.5, 0.6) is 0 Å². The van der Waals surface area contributed by atoms with Crippen molar-refractivity contribution in [2.75, 3.05) is 6.67 Å². The van der Waals surface area contributed by atoms with Crippen LogP contribution in [0, 0.1) is 0 Å². The van der Waals surface area contributed by atoms with Crippen LogP contribution in [0.2, 0.25) is 0 Å². The molecule has 7 aromatic rings. The summed E-state index contributed by atoms with van der Waals surface area (Å²) in [7, 11) is -2.30. The van der Waals surface area contributed by atoms with Crippen LogP contribution in [0.15, 0.2) is 212 Å². The van der Waals surface area contributed by atoms with Gasteiger partial charge in [0.05, 0.1) is 0 Å². The molecule has 0 spiro atoms. The van der Waals surface area contributed by atoms with Crippen molar-refractivity contribution < 1.29 is 9.18 Å². The van der Waals surface area contributed by atoms with Crippen molar-refractivity contribution in [3.05, 3.63) is 229 Å². The molecule has 0 unspecified atom stereocenters. The Morgan fingerprint density at radius 2 is 0.633 bits per heavy atom. The number of carbonyl (C=O) groups excluding carboxylic acids is 1. The van der Waals surface area contributed by atoms with Crippen LogP contribution in [0.3, 0.4) is 0 Å². The van der Waals surface area contributed by atoms with Crippen molar-refractivity contribution in [3.63, 3.8) is 0 Å². The van der Waals surface area contributed by atoms with Crippen molar-refractivity contribution >= 4 is 34.4 Å². The third-order valence-corrected chi connectivity index (χ3v) is 13.7. The molecule has 7 rings (SSSR count). The average molecular weight is 660 g/mol. The van der Waals surface area contributed by atoms with E-state index in [1.165, 1.54) is 21.2 Å². The van der Waals surface area contributed by atoms with Gasteiger partial charge in [0.2, 0.25) is 0 Å². The summed E-state index contributed by atoms with van der Waals surface area (Å²) in [5, 5.41) is 8.58. The maximum absolute atomic E-state index is 13.1. The second-order valence-electron chi connectivity index (χ2n) is 11.7. The molecule has 0 aromatic heterocycles. The fourth-order valence-electron chi connectivity index (χ4n) is 6.78. The number of carbonyl (C=O) groups is 1. The zero-order valence-corrected chi connectivity index (χ0v) is 28.2. The molecule has 242 valence electrons. The van der Waals surface area contributed by atoms with Gasteiger partial charge >= 0.3 is 150 Å². The normalized spacial score (nSPS) is 11.4. The SMILES string of the molecule is O=C(CF)NC(c1ccccc1)(c1ccccc1)c1ccccc1.c1ccc([PH](c2ccccc2)(c2ccccc2)c2ccccc2)cc1. The molecule has 0 atom stereocenters. The fourth-order valence-corrected chi connectivity index (χ4v) is 11.5. The third kappa shape index (κ3) is 6.99. The van der Waals surface area contributed by atoms with E-state index < -0.39 is 25.4 Å². The molecule has 0 aliphatic rings. The summed E-state index contributed by atoms with van der Waals surface area (Å²) in [4.78, 5) is 12.1. The zero-order chi connectivity index (χ0) is 33.8. The van der Waals surface area contributed by atoms with Crippen molar-refractivity contribution in [1.82, 2.24) is 5.32 Å². The van der Waals surface area contributed by atoms with Crippen molar-refractivity contribution in [2.24, 2.45) is 0 Å². The molecule has 2 nitrogen and oxygen atoms in total. The van der Waals surface area contributed by atoms with Crippen LogP contribution >= 0.6 is 7.26 Å². The summed E-state index contributed by atoms with van der Waals surface area (Å²) in [5.41, 5.74) is 1.70. The van der Waals surface area contributed by atoms with E-state index in [0.29, 0.717) is 0 Å². The number of hydrogen-bond acceptors (Lipinski definition) is 1. The fraction of sp³-hybridized carbons (Fsp3) is 0.0444. The summed E-state index contributed by atoms with van der Waals surface area (Å²) in [5.74, 6) is -0.647. The van der Waals surface area contributed by atoms with Crippen LogP contribution in [0.25, 0.3) is 0 Å². The Balaban J connectivity index is 0.000000170. The second-order valence-corrected chi connectivity index (χ2v) is 15.6. The first kappa shape index (κ1) is 33.3. The molecule has 1 amide bonds. The van der Waals surface area contributed by atoms with Gasteiger partial charge in [0.1, 0.15) is 5.54 Å². The van der Waals surface area contributed by atoms with Crippen LogP contribution in [-0.2, 0) is 10.3 Å². The van der Waals surface area contributed by atoms with Gasteiger partial charge in [-0.15, -0.1) is 0 Å². The Morgan fingerprint density at radius 3 is 0.857 bits per heavy atom. The Hall–Kier alpha value is -5.63. The molecule has 4 heteroatoms. The quantitative estimate of drug-likeness (QED) is 0.123. The topological polar surface area (TPSA) is 29.1 Å². The van der Waals surface area contributed by atoms with E-state index in [1.54, 1.807) is 0 Å². The van der Waals surface area contributed by atoms with Crippen LogP contribution in [-0.4, -0.2) is 12.6 Å². The molecule has 0 aliphatic heterocycles. The molecule has 0 saturated carbocycles. The Labute approximate surface area is 289 Å². The molecule has 0 saturated heterocycles. The molecule has 0 bridgehead atoms. The summed E-state index contributed by atoms with van der Waals surface area (Å²) < 4.78 is 13.1. The first-order valence-electron chi connectivity index (χ1n) is 16.4. The summed E-state index contributed by atoms with van der Waals surface area (Å²) in [6, 6.07) is 72.9. The maximum atomic E-state index is 13.1. The molecule has 7 aromatic carbocycles. The average Bonchev–Trinajstić information content (AvgIpc) is 3.20. The summed E-state index contributed by atoms with van der Waals surface area (Å²) in [6.07, 6.45) is 0. The first-order valence-corrected chi connectivity index (χ1v) is 18.4. The number of halogens is 1. The van der Waals surface area contributed by atoms with Gasteiger partial charge in [-0.25, -0.2) is 4.39 Å². The van der Waals surface area contributed by atoms with Crippen molar-refractivity contribution in [3.8, 4) is 0 Å². The van der Waals surface area contributed by atoms with Gasteiger partial charge in [-0.1, -0.05) is 91.0 Å². The Bertz CT molecular complexity index is 1750. The molecule has 0 fully saturated rings. The van der Waals surface area contributed by atoms with E-state index in [1.807, 2.05) is 91.0 Å². The monoisotopic (exact) mass is 659 g/mol. The predicted molar refractivity (Wildman–Crippen MR) is 206 cm³/mol. The second kappa shape index (κ2) is 16.0. The molecule has 0 aliphatic carbocycles.